The Morgan fingerprint density at radius 3 is 2.56 bits per heavy atom. The molecular weight excluding hydrogens is 206 g/mol. The molecule has 1 heterocycles. The molecule has 1 unspecified atom stereocenters. The highest BCUT2D eigenvalue weighted by atomic mass is 16.7. The van der Waals surface area contributed by atoms with Crippen LogP contribution >= 0.6 is 0 Å². The normalized spacial score (nSPS) is 15.1. The molecule has 90 valence electrons. The Balaban J connectivity index is 2.89. The van der Waals surface area contributed by atoms with Crippen molar-refractivity contribution in [2.75, 3.05) is 14.2 Å². The summed E-state index contributed by atoms with van der Waals surface area (Å²) < 4.78 is 10.2. The van der Waals surface area contributed by atoms with Gasteiger partial charge in [-0.15, -0.1) is 0 Å². The van der Waals surface area contributed by atoms with Gasteiger partial charge in [-0.3, -0.25) is 4.98 Å². The van der Waals surface area contributed by atoms with Crippen LogP contribution in [0.5, 0.6) is 0 Å². The molecule has 0 bridgehead atoms. The van der Waals surface area contributed by atoms with Crippen LogP contribution in [-0.4, -0.2) is 30.6 Å². The van der Waals surface area contributed by atoms with E-state index in [9.17, 15) is 5.11 Å². The lowest BCUT2D eigenvalue weighted by molar-refractivity contribution is -0.142. The first-order chi connectivity index (χ1) is 7.51. The number of nitrogens with zero attached hydrogens (tertiary/aromatic N) is 1. The monoisotopic (exact) mass is 225 g/mol. The van der Waals surface area contributed by atoms with Gasteiger partial charge < -0.3 is 14.6 Å². The van der Waals surface area contributed by atoms with Gasteiger partial charge in [-0.1, -0.05) is 0 Å². The highest BCUT2D eigenvalue weighted by molar-refractivity contribution is 5.27. The average molecular weight is 225 g/mol. The van der Waals surface area contributed by atoms with Gasteiger partial charge >= 0.3 is 0 Å². The fourth-order valence-corrected chi connectivity index (χ4v) is 1.73. The summed E-state index contributed by atoms with van der Waals surface area (Å²) in [6, 6.07) is 1.87. The number of aryl methyl sites for hydroxylation is 1. The van der Waals surface area contributed by atoms with Gasteiger partial charge in [0.05, 0.1) is 5.60 Å². The summed E-state index contributed by atoms with van der Waals surface area (Å²) in [4.78, 5) is 4.03. The standard InChI is InChI=1S/C12H19NO3/c1-9-5-6-13-8-10(9)12(2,14)7-11(15-3)16-4/h5-6,8,11,14H,7H2,1-4H3. The van der Waals surface area contributed by atoms with Gasteiger partial charge in [0.2, 0.25) is 0 Å². The Morgan fingerprint density at radius 1 is 1.44 bits per heavy atom. The molecule has 0 aromatic carbocycles. The number of ether oxygens (including phenoxy) is 2. The molecule has 0 saturated heterocycles. The Hall–Kier alpha value is -0.970. The molecule has 1 rings (SSSR count). The summed E-state index contributed by atoms with van der Waals surface area (Å²) in [5.74, 6) is 0. The van der Waals surface area contributed by atoms with Crippen LogP contribution in [0, 0.1) is 6.92 Å². The molecule has 4 nitrogen and oxygen atoms in total. The zero-order valence-electron chi connectivity index (χ0n) is 10.2. The molecule has 0 aliphatic carbocycles. The maximum Gasteiger partial charge on any atom is 0.159 e. The number of methoxy groups -OCH3 is 2. The third-order valence-corrected chi connectivity index (χ3v) is 2.71. The minimum atomic E-state index is -1.00. The fraction of sp³-hybridized carbons (Fsp3) is 0.583. The SMILES string of the molecule is COC(CC(C)(O)c1cnccc1C)OC. The van der Waals surface area contributed by atoms with Crippen molar-refractivity contribution in [1.82, 2.24) is 4.98 Å². The van der Waals surface area contributed by atoms with Gasteiger partial charge in [0.1, 0.15) is 0 Å². The summed E-state index contributed by atoms with van der Waals surface area (Å²) in [5, 5.41) is 10.4. The summed E-state index contributed by atoms with van der Waals surface area (Å²) in [5.41, 5.74) is 0.801. The van der Waals surface area contributed by atoms with E-state index in [1.165, 1.54) is 0 Å². The lowest BCUT2D eigenvalue weighted by Gasteiger charge is -2.28. The van der Waals surface area contributed by atoms with Crippen molar-refractivity contribution >= 4 is 0 Å². The molecule has 1 aromatic heterocycles. The van der Waals surface area contributed by atoms with Crippen LogP contribution in [0.3, 0.4) is 0 Å². The smallest absolute Gasteiger partial charge is 0.159 e. The van der Waals surface area contributed by atoms with Crippen LogP contribution in [-0.2, 0) is 15.1 Å². The van der Waals surface area contributed by atoms with Gasteiger partial charge in [0.25, 0.3) is 0 Å². The first kappa shape index (κ1) is 13.1. The van der Waals surface area contributed by atoms with Crippen molar-refractivity contribution in [3.8, 4) is 0 Å². The minimum Gasteiger partial charge on any atom is -0.385 e. The van der Waals surface area contributed by atoms with E-state index in [0.717, 1.165) is 11.1 Å². The van der Waals surface area contributed by atoms with E-state index >= 15 is 0 Å². The van der Waals surface area contributed by atoms with Crippen LogP contribution < -0.4 is 0 Å². The quantitative estimate of drug-likeness (QED) is 0.773. The Kier molecular flexibility index (Phi) is 4.41. The predicted octanol–water partition coefficient (Wildman–Crippen LogP) is 1.61. The maximum absolute atomic E-state index is 10.4. The number of rotatable bonds is 5. The predicted molar refractivity (Wildman–Crippen MR) is 61.0 cm³/mol. The third kappa shape index (κ3) is 3.01. The summed E-state index contributed by atoms with van der Waals surface area (Å²) in [7, 11) is 3.11. The first-order valence-electron chi connectivity index (χ1n) is 5.20. The van der Waals surface area contributed by atoms with Crippen LogP contribution in [0.25, 0.3) is 0 Å². The van der Waals surface area contributed by atoms with Gasteiger partial charge in [-0.05, 0) is 25.5 Å². The van der Waals surface area contributed by atoms with Gasteiger partial charge in [-0.25, -0.2) is 0 Å². The highest BCUT2D eigenvalue weighted by Crippen LogP contribution is 2.28. The summed E-state index contributed by atoms with van der Waals surface area (Å²) >= 11 is 0. The second kappa shape index (κ2) is 5.39. The fourth-order valence-electron chi connectivity index (χ4n) is 1.73. The van der Waals surface area contributed by atoms with Crippen LogP contribution in [0.15, 0.2) is 18.5 Å². The van der Waals surface area contributed by atoms with E-state index in [0.29, 0.717) is 6.42 Å². The molecule has 16 heavy (non-hydrogen) atoms. The van der Waals surface area contributed by atoms with Crippen molar-refractivity contribution in [3.63, 3.8) is 0 Å². The maximum atomic E-state index is 10.4. The lowest BCUT2D eigenvalue weighted by Crippen LogP contribution is -2.30. The molecule has 1 N–H and O–H groups in total. The lowest BCUT2D eigenvalue weighted by atomic mass is 9.90. The van der Waals surface area contributed by atoms with Gasteiger partial charge in [-0.2, -0.15) is 0 Å². The summed E-state index contributed by atoms with van der Waals surface area (Å²) in [6.45, 7) is 3.68. The molecule has 0 amide bonds. The van der Waals surface area contributed by atoms with E-state index in [1.807, 2.05) is 13.0 Å². The van der Waals surface area contributed by atoms with Crippen molar-refractivity contribution in [1.29, 1.82) is 0 Å². The minimum absolute atomic E-state index is 0.368. The van der Waals surface area contributed by atoms with Crippen molar-refractivity contribution in [2.24, 2.45) is 0 Å². The van der Waals surface area contributed by atoms with E-state index in [1.54, 1.807) is 33.5 Å². The summed E-state index contributed by atoms with van der Waals surface area (Å²) in [6.07, 6.45) is 3.33. The molecule has 0 saturated carbocycles. The first-order valence-corrected chi connectivity index (χ1v) is 5.20. The van der Waals surface area contributed by atoms with E-state index in [4.69, 9.17) is 9.47 Å². The second-order valence-corrected chi connectivity index (χ2v) is 4.07. The molecule has 1 atom stereocenters. The van der Waals surface area contributed by atoms with Crippen LogP contribution in [0.2, 0.25) is 0 Å². The Morgan fingerprint density at radius 2 is 2.06 bits per heavy atom. The molecular formula is C12H19NO3. The highest BCUT2D eigenvalue weighted by Gasteiger charge is 2.29. The number of hydrogen-bond donors (Lipinski definition) is 1. The van der Waals surface area contributed by atoms with Crippen molar-refractivity contribution in [2.45, 2.75) is 32.2 Å². The van der Waals surface area contributed by atoms with Crippen LogP contribution in [0.1, 0.15) is 24.5 Å². The molecule has 0 aliphatic rings. The number of hydrogen-bond acceptors (Lipinski definition) is 4. The Labute approximate surface area is 96.2 Å². The largest absolute Gasteiger partial charge is 0.385 e. The van der Waals surface area contributed by atoms with E-state index in [2.05, 4.69) is 4.98 Å². The number of aromatic nitrogens is 1. The average Bonchev–Trinajstić information content (AvgIpc) is 2.26. The molecule has 0 aliphatic heterocycles. The molecule has 0 fully saturated rings. The van der Waals surface area contributed by atoms with E-state index in [-0.39, 0.29) is 0 Å². The molecule has 1 aromatic rings. The Bertz CT molecular complexity index is 335. The topological polar surface area (TPSA) is 51.6 Å². The van der Waals surface area contributed by atoms with Gasteiger partial charge in [0.15, 0.2) is 6.29 Å². The second-order valence-electron chi connectivity index (χ2n) is 4.07. The third-order valence-electron chi connectivity index (χ3n) is 2.71. The molecule has 0 spiro atoms. The zero-order valence-corrected chi connectivity index (χ0v) is 10.2. The number of pyridine rings is 1. The van der Waals surface area contributed by atoms with Crippen molar-refractivity contribution in [3.05, 3.63) is 29.6 Å². The molecule has 0 radical (unpaired) electrons. The molecule has 4 heteroatoms. The van der Waals surface area contributed by atoms with Gasteiger partial charge in [0, 0.05) is 38.6 Å². The number of aliphatic hydroxyl groups is 1. The van der Waals surface area contributed by atoms with Crippen molar-refractivity contribution < 1.29 is 14.6 Å². The zero-order chi connectivity index (χ0) is 12.2. The van der Waals surface area contributed by atoms with Crippen LogP contribution in [0.4, 0.5) is 0 Å². The van der Waals surface area contributed by atoms with E-state index < -0.39 is 11.9 Å².